The highest BCUT2D eigenvalue weighted by molar-refractivity contribution is 7.46. The molecule has 2 atom stereocenters. The standard InChI is InChI=1S/C28H36N5O10P/c29-23(34)16-21(24(30)35)31-26(37)28(13-5-2-6-14-28)33-25(36)22(32-27(38)42-17-19-7-3-1-4-8-19)15-18-9-11-20(12-10-18)43-44(39,40)41/h1,3-4,7-12,21-22H,2,5-6,13-17H2,(H2,29,34)(H2,30,35)(H,31,37)(H,32,38)(H,33,36)(H2,39,40,41)/t21-,22-/m0/s1. The summed E-state index contributed by atoms with van der Waals surface area (Å²) in [5, 5.41) is 7.72. The summed E-state index contributed by atoms with van der Waals surface area (Å²) < 4.78 is 21.0. The van der Waals surface area contributed by atoms with Crippen molar-refractivity contribution < 1.29 is 47.6 Å². The summed E-state index contributed by atoms with van der Waals surface area (Å²) in [5.41, 5.74) is 10.3. The molecule has 0 spiro atoms. The minimum absolute atomic E-state index is 0.0733. The van der Waals surface area contributed by atoms with E-state index in [1.54, 1.807) is 30.3 Å². The van der Waals surface area contributed by atoms with Gasteiger partial charge in [0.1, 0.15) is 30.0 Å². The Hall–Kier alpha value is -4.46. The van der Waals surface area contributed by atoms with Gasteiger partial charge in [0.25, 0.3) is 0 Å². The van der Waals surface area contributed by atoms with Crippen LogP contribution < -0.4 is 31.9 Å². The summed E-state index contributed by atoms with van der Waals surface area (Å²) in [4.78, 5) is 81.4. The van der Waals surface area contributed by atoms with Crippen LogP contribution >= 0.6 is 7.82 Å². The highest BCUT2D eigenvalue weighted by Gasteiger charge is 2.43. The fraction of sp³-hybridized carbons (Fsp3) is 0.393. The number of ether oxygens (including phenoxy) is 1. The average Bonchev–Trinajstić information content (AvgIpc) is 2.96. The molecule has 0 aliphatic heterocycles. The molecule has 2 aromatic rings. The van der Waals surface area contributed by atoms with E-state index in [9.17, 15) is 28.5 Å². The zero-order valence-corrected chi connectivity index (χ0v) is 24.7. The zero-order chi connectivity index (χ0) is 32.3. The first-order chi connectivity index (χ1) is 20.8. The lowest BCUT2D eigenvalue weighted by Crippen LogP contribution is -2.65. The first kappa shape index (κ1) is 34.0. The van der Waals surface area contributed by atoms with Crippen LogP contribution in [0.3, 0.4) is 0 Å². The fourth-order valence-corrected chi connectivity index (χ4v) is 5.18. The second-order valence-electron chi connectivity index (χ2n) is 10.4. The van der Waals surface area contributed by atoms with Gasteiger partial charge in [0.2, 0.25) is 23.6 Å². The molecule has 238 valence electrons. The van der Waals surface area contributed by atoms with Crippen LogP contribution in [-0.2, 0) is 41.5 Å². The van der Waals surface area contributed by atoms with Crippen LogP contribution in [0.15, 0.2) is 54.6 Å². The minimum atomic E-state index is -4.79. The number of phosphoric acid groups is 1. The third-order valence-electron chi connectivity index (χ3n) is 6.97. The Kier molecular flexibility index (Phi) is 11.9. The van der Waals surface area contributed by atoms with Gasteiger partial charge in [-0.15, -0.1) is 0 Å². The van der Waals surface area contributed by atoms with E-state index < -0.39 is 61.6 Å². The van der Waals surface area contributed by atoms with Crippen molar-refractivity contribution in [2.24, 2.45) is 11.5 Å². The van der Waals surface area contributed by atoms with Gasteiger partial charge >= 0.3 is 13.9 Å². The van der Waals surface area contributed by atoms with Crippen molar-refractivity contribution in [2.45, 2.75) is 69.2 Å². The van der Waals surface area contributed by atoms with Crippen molar-refractivity contribution >= 4 is 37.5 Å². The molecule has 1 aliphatic carbocycles. The maximum absolute atomic E-state index is 13.7. The van der Waals surface area contributed by atoms with E-state index >= 15 is 0 Å². The Morgan fingerprint density at radius 3 is 2.07 bits per heavy atom. The van der Waals surface area contributed by atoms with Gasteiger partial charge < -0.3 is 36.7 Å². The van der Waals surface area contributed by atoms with Crippen molar-refractivity contribution in [3.05, 3.63) is 65.7 Å². The molecule has 0 saturated heterocycles. The summed E-state index contributed by atoms with van der Waals surface area (Å²) in [6.45, 7) is -0.0733. The van der Waals surface area contributed by atoms with E-state index in [1.807, 2.05) is 0 Å². The van der Waals surface area contributed by atoms with Gasteiger partial charge in [-0.05, 0) is 36.1 Å². The van der Waals surface area contributed by atoms with Gasteiger partial charge in [0.05, 0.1) is 6.42 Å². The van der Waals surface area contributed by atoms with E-state index in [0.717, 1.165) is 6.42 Å². The molecule has 9 N–H and O–H groups in total. The lowest BCUT2D eigenvalue weighted by atomic mass is 9.80. The molecular formula is C28H36N5O10P. The number of nitrogens with two attached hydrogens (primary N) is 2. The maximum Gasteiger partial charge on any atom is 0.524 e. The van der Waals surface area contributed by atoms with E-state index in [0.29, 0.717) is 24.0 Å². The van der Waals surface area contributed by atoms with Crippen molar-refractivity contribution in [3.63, 3.8) is 0 Å². The highest BCUT2D eigenvalue weighted by Crippen LogP contribution is 2.37. The van der Waals surface area contributed by atoms with Crippen LogP contribution in [0.25, 0.3) is 0 Å². The highest BCUT2D eigenvalue weighted by atomic mass is 31.2. The van der Waals surface area contributed by atoms with Crippen molar-refractivity contribution in [2.75, 3.05) is 0 Å². The number of nitrogens with one attached hydrogen (secondary N) is 3. The van der Waals surface area contributed by atoms with Gasteiger partial charge in [0.15, 0.2) is 0 Å². The molecule has 16 heteroatoms. The monoisotopic (exact) mass is 633 g/mol. The summed E-state index contributed by atoms with van der Waals surface area (Å²) >= 11 is 0. The molecule has 15 nitrogen and oxygen atoms in total. The normalized spacial score (nSPS) is 15.6. The van der Waals surface area contributed by atoms with Gasteiger partial charge in [0, 0.05) is 6.42 Å². The quantitative estimate of drug-likeness (QED) is 0.143. The van der Waals surface area contributed by atoms with Gasteiger partial charge in [-0.25, -0.2) is 9.36 Å². The number of carbonyl (C=O) groups is 5. The Morgan fingerprint density at radius 1 is 0.864 bits per heavy atom. The summed E-state index contributed by atoms with van der Waals surface area (Å²) in [7, 11) is -4.79. The molecule has 0 aromatic heterocycles. The smallest absolute Gasteiger partial charge is 0.445 e. The van der Waals surface area contributed by atoms with E-state index in [-0.39, 0.29) is 31.6 Å². The second kappa shape index (κ2) is 15.3. The van der Waals surface area contributed by atoms with E-state index in [4.69, 9.17) is 26.0 Å². The summed E-state index contributed by atoms with van der Waals surface area (Å²) in [6, 6.07) is 11.7. The first-order valence-electron chi connectivity index (χ1n) is 13.8. The number of phosphoric ester groups is 1. The Labute approximate surface area is 253 Å². The Bertz CT molecular complexity index is 1380. The van der Waals surface area contributed by atoms with E-state index in [1.165, 1.54) is 24.3 Å². The molecule has 0 unspecified atom stereocenters. The zero-order valence-electron chi connectivity index (χ0n) is 23.8. The Morgan fingerprint density at radius 2 is 1.50 bits per heavy atom. The van der Waals surface area contributed by atoms with Crippen molar-refractivity contribution in [1.82, 2.24) is 16.0 Å². The number of benzene rings is 2. The largest absolute Gasteiger partial charge is 0.524 e. The predicted molar refractivity (Wildman–Crippen MR) is 155 cm³/mol. The summed E-state index contributed by atoms with van der Waals surface area (Å²) in [5.74, 6) is -3.40. The number of amides is 5. The van der Waals surface area contributed by atoms with Crippen LogP contribution in [0.4, 0.5) is 4.79 Å². The molecule has 3 rings (SSSR count). The minimum Gasteiger partial charge on any atom is -0.445 e. The molecule has 44 heavy (non-hydrogen) atoms. The molecule has 2 aromatic carbocycles. The molecule has 5 amide bonds. The van der Waals surface area contributed by atoms with Gasteiger partial charge in [-0.1, -0.05) is 61.7 Å². The maximum atomic E-state index is 13.7. The lowest BCUT2D eigenvalue weighted by molar-refractivity contribution is -0.138. The topological polar surface area (TPSA) is 249 Å². The van der Waals surface area contributed by atoms with Crippen LogP contribution in [0.5, 0.6) is 5.75 Å². The second-order valence-corrected chi connectivity index (χ2v) is 11.6. The van der Waals surface area contributed by atoms with Crippen molar-refractivity contribution in [3.8, 4) is 5.75 Å². The number of rotatable bonds is 14. The van der Waals surface area contributed by atoms with Crippen LogP contribution in [0.2, 0.25) is 0 Å². The molecular weight excluding hydrogens is 597 g/mol. The number of hydrogen-bond acceptors (Lipinski definition) is 8. The molecule has 0 radical (unpaired) electrons. The van der Waals surface area contributed by atoms with Crippen LogP contribution in [0.1, 0.15) is 49.7 Å². The Balaban J connectivity index is 1.82. The predicted octanol–water partition coefficient (Wildman–Crippen LogP) is 0.660. The van der Waals surface area contributed by atoms with E-state index in [2.05, 4.69) is 20.5 Å². The number of hydrogen-bond donors (Lipinski definition) is 7. The number of primary amides is 2. The first-order valence-corrected chi connectivity index (χ1v) is 15.3. The third kappa shape index (κ3) is 10.7. The SMILES string of the molecule is NC(=O)C[C@H](NC(=O)C1(NC(=O)[C@H](Cc2ccc(OP(=O)(O)O)cc2)NC(=O)OCc2ccccc2)CCCCC1)C(N)=O. The molecule has 1 fully saturated rings. The third-order valence-corrected chi connectivity index (χ3v) is 7.42. The fourth-order valence-electron chi connectivity index (χ4n) is 4.78. The van der Waals surface area contributed by atoms with Crippen LogP contribution in [-0.4, -0.2) is 57.1 Å². The van der Waals surface area contributed by atoms with Crippen molar-refractivity contribution in [1.29, 1.82) is 0 Å². The average molecular weight is 634 g/mol. The summed E-state index contributed by atoms with van der Waals surface area (Å²) in [6.07, 6.45) is 0.829. The lowest BCUT2D eigenvalue weighted by Gasteiger charge is -2.38. The number of carbonyl (C=O) groups excluding carboxylic acids is 5. The van der Waals surface area contributed by atoms with Gasteiger partial charge in [-0.3, -0.25) is 29.0 Å². The van der Waals surface area contributed by atoms with Gasteiger partial charge in [-0.2, -0.15) is 0 Å². The number of alkyl carbamates (subject to hydrolysis) is 1. The molecule has 0 bridgehead atoms. The molecule has 1 aliphatic rings. The molecule has 0 heterocycles. The van der Waals surface area contributed by atoms with Crippen LogP contribution in [0, 0.1) is 0 Å². The molecule has 1 saturated carbocycles.